The van der Waals surface area contributed by atoms with Crippen molar-refractivity contribution in [2.24, 2.45) is 0 Å². The van der Waals surface area contributed by atoms with Crippen LogP contribution in [0.25, 0.3) is 0 Å². The van der Waals surface area contributed by atoms with Crippen LogP contribution in [0.15, 0.2) is 48.5 Å². The number of anilines is 1. The molecule has 27 heavy (non-hydrogen) atoms. The number of ether oxygens (including phenoxy) is 2. The van der Waals surface area contributed by atoms with Gasteiger partial charge in [0.2, 0.25) is 0 Å². The minimum atomic E-state index is -0.0343. The van der Waals surface area contributed by atoms with E-state index in [0.29, 0.717) is 6.61 Å². The molecular formula is C21H27N3O3. The highest BCUT2D eigenvalue weighted by Gasteiger charge is 2.20. The highest BCUT2D eigenvalue weighted by molar-refractivity contribution is 5.89. The molecule has 1 aliphatic heterocycles. The van der Waals surface area contributed by atoms with Crippen molar-refractivity contribution in [3.8, 4) is 11.5 Å². The number of nitrogens with zero attached hydrogens (tertiary/aromatic N) is 2. The van der Waals surface area contributed by atoms with Gasteiger partial charge in [0, 0.05) is 38.4 Å². The Morgan fingerprint density at radius 3 is 2.22 bits per heavy atom. The lowest BCUT2D eigenvalue weighted by atomic mass is 10.2. The molecule has 0 aromatic heterocycles. The summed E-state index contributed by atoms with van der Waals surface area (Å²) >= 11 is 0. The summed E-state index contributed by atoms with van der Waals surface area (Å²) < 4.78 is 10.9. The molecule has 0 spiro atoms. The molecule has 1 heterocycles. The van der Waals surface area contributed by atoms with Crippen molar-refractivity contribution in [2.75, 3.05) is 51.8 Å². The first-order chi connectivity index (χ1) is 13.1. The number of carbonyl (C=O) groups is 1. The van der Waals surface area contributed by atoms with E-state index in [0.717, 1.165) is 49.9 Å². The molecule has 1 aliphatic rings. The van der Waals surface area contributed by atoms with Gasteiger partial charge in [0.25, 0.3) is 0 Å². The van der Waals surface area contributed by atoms with Gasteiger partial charge in [0.15, 0.2) is 0 Å². The van der Waals surface area contributed by atoms with Crippen LogP contribution in [0.3, 0.4) is 0 Å². The lowest BCUT2D eigenvalue weighted by Gasteiger charge is -2.34. The van der Waals surface area contributed by atoms with Crippen molar-refractivity contribution in [1.82, 2.24) is 9.80 Å². The van der Waals surface area contributed by atoms with Gasteiger partial charge in [-0.25, -0.2) is 4.79 Å². The van der Waals surface area contributed by atoms with Crippen molar-refractivity contribution < 1.29 is 14.3 Å². The molecule has 1 fully saturated rings. The predicted octanol–water partition coefficient (Wildman–Crippen LogP) is 3.23. The fourth-order valence-corrected chi connectivity index (χ4v) is 2.98. The summed E-state index contributed by atoms with van der Waals surface area (Å²) in [7, 11) is 1.65. The third-order valence-electron chi connectivity index (χ3n) is 4.70. The normalized spacial score (nSPS) is 14.7. The second kappa shape index (κ2) is 9.28. The molecule has 6 nitrogen and oxygen atoms in total. The Hall–Kier alpha value is -2.73. The third kappa shape index (κ3) is 5.62. The van der Waals surface area contributed by atoms with Gasteiger partial charge in [0.05, 0.1) is 7.11 Å². The molecule has 0 bridgehead atoms. The average Bonchev–Trinajstić information content (AvgIpc) is 2.71. The van der Waals surface area contributed by atoms with Crippen LogP contribution >= 0.6 is 0 Å². The molecule has 144 valence electrons. The highest BCUT2D eigenvalue weighted by Crippen LogP contribution is 2.17. The van der Waals surface area contributed by atoms with Crippen LogP contribution in [-0.4, -0.2) is 62.3 Å². The maximum Gasteiger partial charge on any atom is 0.321 e. The number of aryl methyl sites for hydroxylation is 1. The molecule has 3 rings (SSSR count). The number of amides is 2. The van der Waals surface area contributed by atoms with Crippen molar-refractivity contribution in [2.45, 2.75) is 6.92 Å². The second-order valence-corrected chi connectivity index (χ2v) is 6.65. The van der Waals surface area contributed by atoms with Gasteiger partial charge in [0.1, 0.15) is 18.1 Å². The number of urea groups is 1. The maximum absolute atomic E-state index is 12.4. The molecule has 2 amide bonds. The van der Waals surface area contributed by atoms with Gasteiger partial charge in [-0.05, 0) is 43.3 Å². The van der Waals surface area contributed by atoms with Gasteiger partial charge >= 0.3 is 6.03 Å². The first-order valence-corrected chi connectivity index (χ1v) is 9.26. The molecular weight excluding hydrogens is 342 g/mol. The summed E-state index contributed by atoms with van der Waals surface area (Å²) in [6.45, 7) is 6.66. The van der Waals surface area contributed by atoms with Crippen molar-refractivity contribution in [3.63, 3.8) is 0 Å². The van der Waals surface area contributed by atoms with Crippen LogP contribution in [0.4, 0.5) is 10.5 Å². The number of hydrogen-bond acceptors (Lipinski definition) is 4. The number of rotatable bonds is 6. The van der Waals surface area contributed by atoms with Crippen LogP contribution in [0.5, 0.6) is 11.5 Å². The maximum atomic E-state index is 12.4. The number of nitrogens with one attached hydrogen (secondary N) is 1. The van der Waals surface area contributed by atoms with Gasteiger partial charge < -0.3 is 19.7 Å². The van der Waals surface area contributed by atoms with Crippen LogP contribution in [0.2, 0.25) is 0 Å². The van der Waals surface area contributed by atoms with Gasteiger partial charge in [-0.2, -0.15) is 0 Å². The fraction of sp³-hybridized carbons (Fsp3) is 0.381. The summed E-state index contributed by atoms with van der Waals surface area (Å²) in [6.07, 6.45) is 0. The molecule has 0 unspecified atom stereocenters. The molecule has 0 saturated carbocycles. The largest absolute Gasteiger partial charge is 0.497 e. The van der Waals surface area contributed by atoms with E-state index in [1.165, 1.54) is 5.56 Å². The monoisotopic (exact) mass is 369 g/mol. The summed E-state index contributed by atoms with van der Waals surface area (Å²) in [4.78, 5) is 16.6. The van der Waals surface area contributed by atoms with E-state index in [-0.39, 0.29) is 6.03 Å². The number of benzene rings is 2. The molecule has 1 N–H and O–H groups in total. The topological polar surface area (TPSA) is 54.0 Å². The quantitative estimate of drug-likeness (QED) is 0.849. The molecule has 0 radical (unpaired) electrons. The number of carbonyl (C=O) groups excluding carboxylic acids is 1. The SMILES string of the molecule is COc1ccc(OCCN2CCN(C(=O)Nc3ccc(C)cc3)CC2)cc1. The molecule has 2 aromatic carbocycles. The van der Waals surface area contributed by atoms with E-state index in [2.05, 4.69) is 10.2 Å². The smallest absolute Gasteiger partial charge is 0.321 e. The van der Waals surface area contributed by atoms with Crippen molar-refractivity contribution >= 4 is 11.7 Å². The Morgan fingerprint density at radius 2 is 1.59 bits per heavy atom. The van der Waals surface area contributed by atoms with Crippen LogP contribution < -0.4 is 14.8 Å². The Bertz CT molecular complexity index is 723. The molecule has 6 heteroatoms. The van der Waals surface area contributed by atoms with Crippen molar-refractivity contribution in [1.29, 1.82) is 0 Å². The summed E-state index contributed by atoms with van der Waals surface area (Å²) in [5, 5.41) is 2.96. The zero-order chi connectivity index (χ0) is 19.1. The van der Waals surface area contributed by atoms with E-state index < -0.39 is 0 Å². The van der Waals surface area contributed by atoms with Crippen LogP contribution in [-0.2, 0) is 0 Å². The second-order valence-electron chi connectivity index (χ2n) is 6.65. The summed E-state index contributed by atoms with van der Waals surface area (Å²) in [5.41, 5.74) is 2.01. The first kappa shape index (κ1) is 19.0. The van der Waals surface area contributed by atoms with Crippen molar-refractivity contribution in [3.05, 3.63) is 54.1 Å². The van der Waals surface area contributed by atoms with E-state index in [4.69, 9.17) is 9.47 Å². The Kier molecular flexibility index (Phi) is 6.54. The highest BCUT2D eigenvalue weighted by atomic mass is 16.5. The minimum absolute atomic E-state index is 0.0343. The molecule has 0 aliphatic carbocycles. The Balaban J connectivity index is 1.36. The summed E-state index contributed by atoms with van der Waals surface area (Å²) in [6, 6.07) is 15.4. The number of hydrogen-bond donors (Lipinski definition) is 1. The zero-order valence-electron chi connectivity index (χ0n) is 16.0. The van der Waals surface area contributed by atoms with Gasteiger partial charge in [-0.1, -0.05) is 17.7 Å². The minimum Gasteiger partial charge on any atom is -0.497 e. The lowest BCUT2D eigenvalue weighted by Crippen LogP contribution is -2.50. The first-order valence-electron chi connectivity index (χ1n) is 9.26. The van der Waals surface area contributed by atoms with Gasteiger partial charge in [-0.3, -0.25) is 4.90 Å². The number of piperazine rings is 1. The molecule has 1 saturated heterocycles. The van der Waals surface area contributed by atoms with E-state index in [1.54, 1.807) is 7.11 Å². The standard InChI is InChI=1S/C21H27N3O3/c1-17-3-5-18(6-4-17)22-21(25)24-13-11-23(12-14-24)15-16-27-20-9-7-19(26-2)8-10-20/h3-10H,11-16H2,1-2H3,(H,22,25). The fourth-order valence-electron chi connectivity index (χ4n) is 2.98. The van der Waals surface area contributed by atoms with E-state index in [1.807, 2.05) is 60.4 Å². The van der Waals surface area contributed by atoms with E-state index in [9.17, 15) is 4.79 Å². The number of methoxy groups -OCH3 is 1. The molecule has 0 atom stereocenters. The zero-order valence-corrected chi connectivity index (χ0v) is 16.0. The van der Waals surface area contributed by atoms with Gasteiger partial charge in [-0.15, -0.1) is 0 Å². The average molecular weight is 369 g/mol. The third-order valence-corrected chi connectivity index (χ3v) is 4.70. The van der Waals surface area contributed by atoms with Crippen LogP contribution in [0, 0.1) is 6.92 Å². The van der Waals surface area contributed by atoms with Crippen LogP contribution in [0.1, 0.15) is 5.56 Å². The predicted molar refractivity (Wildman–Crippen MR) is 107 cm³/mol. The Labute approximate surface area is 160 Å². The lowest BCUT2D eigenvalue weighted by molar-refractivity contribution is 0.132. The Morgan fingerprint density at radius 1 is 0.963 bits per heavy atom. The van der Waals surface area contributed by atoms with E-state index >= 15 is 0 Å². The summed E-state index contributed by atoms with van der Waals surface area (Å²) in [5.74, 6) is 1.66. The molecule has 2 aromatic rings.